The molecule has 1 aliphatic rings. The number of aldehydes is 1. The van der Waals surface area contributed by atoms with E-state index in [1.807, 2.05) is 43.3 Å². The molecule has 4 nitrogen and oxygen atoms in total. The zero-order valence-corrected chi connectivity index (χ0v) is 11.5. The van der Waals surface area contributed by atoms with Crippen molar-refractivity contribution in [2.45, 2.75) is 32.4 Å². The van der Waals surface area contributed by atoms with Crippen LogP contribution >= 0.6 is 0 Å². The van der Waals surface area contributed by atoms with Crippen molar-refractivity contribution in [3.63, 3.8) is 0 Å². The van der Waals surface area contributed by atoms with Gasteiger partial charge in [0.15, 0.2) is 0 Å². The van der Waals surface area contributed by atoms with Crippen LogP contribution < -0.4 is 5.32 Å². The minimum Gasteiger partial charge on any atom is -0.445 e. The topological polar surface area (TPSA) is 55.4 Å². The summed E-state index contributed by atoms with van der Waals surface area (Å²) in [5, 5.41) is 2.75. The number of nitrogens with one attached hydrogen (secondary N) is 1. The maximum Gasteiger partial charge on any atom is 0.407 e. The molecule has 0 aromatic heterocycles. The third-order valence-electron chi connectivity index (χ3n) is 3.47. The molecular weight excluding hydrogens is 254 g/mol. The standard InChI is InChI=1S/C16H19NO3/c1-12-7-8-14(10-18)15(9-12)17-16(19)20-11-13-5-3-2-4-6-13/h2-6,9-10,14-15H,7-8,11H2,1H3,(H,17,19)/t14-,15-/m0/s1. The van der Waals surface area contributed by atoms with Crippen LogP contribution in [-0.2, 0) is 16.1 Å². The molecule has 2 rings (SSSR count). The molecule has 0 radical (unpaired) electrons. The molecule has 0 saturated carbocycles. The largest absolute Gasteiger partial charge is 0.445 e. The van der Waals surface area contributed by atoms with E-state index in [-0.39, 0.29) is 18.6 Å². The summed E-state index contributed by atoms with van der Waals surface area (Å²) in [6, 6.07) is 9.23. The van der Waals surface area contributed by atoms with Gasteiger partial charge in [0.05, 0.1) is 6.04 Å². The van der Waals surface area contributed by atoms with Gasteiger partial charge in [-0.05, 0) is 25.3 Å². The molecule has 1 aliphatic carbocycles. The number of hydrogen-bond acceptors (Lipinski definition) is 3. The van der Waals surface area contributed by atoms with Gasteiger partial charge in [0.2, 0.25) is 0 Å². The number of carbonyl (C=O) groups excluding carboxylic acids is 2. The number of carbonyl (C=O) groups is 2. The lowest BCUT2D eigenvalue weighted by atomic mass is 9.87. The second-order valence-corrected chi connectivity index (χ2v) is 5.08. The Kier molecular flexibility index (Phi) is 4.93. The molecule has 1 aromatic carbocycles. The third-order valence-corrected chi connectivity index (χ3v) is 3.47. The Morgan fingerprint density at radius 3 is 2.85 bits per heavy atom. The van der Waals surface area contributed by atoms with Crippen LogP contribution in [0.15, 0.2) is 42.0 Å². The molecule has 2 atom stereocenters. The maximum absolute atomic E-state index is 11.8. The average Bonchev–Trinajstić information content (AvgIpc) is 2.46. The van der Waals surface area contributed by atoms with E-state index in [0.717, 1.165) is 24.7 Å². The molecule has 4 heteroatoms. The van der Waals surface area contributed by atoms with Crippen molar-refractivity contribution in [1.82, 2.24) is 5.32 Å². The molecule has 0 fully saturated rings. The van der Waals surface area contributed by atoms with Crippen molar-refractivity contribution < 1.29 is 14.3 Å². The molecule has 106 valence electrons. The highest BCUT2D eigenvalue weighted by atomic mass is 16.5. The first-order valence-electron chi connectivity index (χ1n) is 6.79. The summed E-state index contributed by atoms with van der Waals surface area (Å²) < 4.78 is 5.16. The van der Waals surface area contributed by atoms with E-state index in [9.17, 15) is 9.59 Å². The van der Waals surface area contributed by atoms with Gasteiger partial charge in [-0.1, -0.05) is 42.0 Å². The van der Waals surface area contributed by atoms with Crippen LogP contribution in [0.1, 0.15) is 25.3 Å². The molecule has 0 unspecified atom stereocenters. The summed E-state index contributed by atoms with van der Waals surface area (Å²) in [7, 11) is 0. The minimum absolute atomic E-state index is 0.164. The van der Waals surface area contributed by atoms with Crippen LogP contribution in [0.3, 0.4) is 0 Å². The van der Waals surface area contributed by atoms with Gasteiger partial charge in [-0.25, -0.2) is 4.79 Å². The monoisotopic (exact) mass is 273 g/mol. The van der Waals surface area contributed by atoms with Crippen LogP contribution in [0, 0.1) is 5.92 Å². The van der Waals surface area contributed by atoms with Gasteiger partial charge in [0.1, 0.15) is 12.9 Å². The molecule has 0 spiro atoms. The molecule has 20 heavy (non-hydrogen) atoms. The Labute approximate surface area is 118 Å². The Balaban J connectivity index is 1.87. The molecule has 1 amide bonds. The SMILES string of the molecule is CC1=C[C@H](NC(=O)OCc2ccccc2)[C@H](C=O)CC1. The molecule has 1 N–H and O–H groups in total. The molecule has 0 aliphatic heterocycles. The summed E-state index contributed by atoms with van der Waals surface area (Å²) in [5.74, 6) is -0.164. The lowest BCUT2D eigenvalue weighted by Crippen LogP contribution is -2.41. The Bertz CT molecular complexity index is 496. The Morgan fingerprint density at radius 2 is 2.15 bits per heavy atom. The van der Waals surface area contributed by atoms with Gasteiger partial charge in [-0.3, -0.25) is 0 Å². The number of rotatable bonds is 4. The van der Waals surface area contributed by atoms with Crippen molar-refractivity contribution in [2.24, 2.45) is 5.92 Å². The van der Waals surface area contributed by atoms with E-state index in [0.29, 0.717) is 0 Å². The van der Waals surface area contributed by atoms with Gasteiger partial charge in [0.25, 0.3) is 0 Å². The lowest BCUT2D eigenvalue weighted by Gasteiger charge is -2.26. The van der Waals surface area contributed by atoms with Crippen molar-refractivity contribution in [1.29, 1.82) is 0 Å². The molecule has 0 saturated heterocycles. The van der Waals surface area contributed by atoms with Gasteiger partial charge in [0, 0.05) is 5.92 Å². The van der Waals surface area contributed by atoms with Crippen LogP contribution in [0.25, 0.3) is 0 Å². The fourth-order valence-corrected chi connectivity index (χ4v) is 2.29. The molecule has 0 heterocycles. The summed E-state index contributed by atoms with van der Waals surface area (Å²) >= 11 is 0. The number of alkyl carbamates (subject to hydrolysis) is 1. The highest BCUT2D eigenvalue weighted by molar-refractivity contribution is 5.69. The average molecular weight is 273 g/mol. The van der Waals surface area contributed by atoms with Crippen molar-refractivity contribution >= 4 is 12.4 Å². The number of hydrogen-bond donors (Lipinski definition) is 1. The van der Waals surface area contributed by atoms with E-state index in [4.69, 9.17) is 4.74 Å². The number of benzene rings is 1. The second-order valence-electron chi connectivity index (χ2n) is 5.08. The van der Waals surface area contributed by atoms with Crippen LogP contribution in [0.2, 0.25) is 0 Å². The van der Waals surface area contributed by atoms with E-state index in [2.05, 4.69) is 5.32 Å². The first kappa shape index (κ1) is 14.3. The van der Waals surface area contributed by atoms with Gasteiger partial charge < -0.3 is 14.8 Å². The van der Waals surface area contributed by atoms with E-state index in [1.165, 1.54) is 5.57 Å². The van der Waals surface area contributed by atoms with E-state index < -0.39 is 6.09 Å². The maximum atomic E-state index is 11.8. The summed E-state index contributed by atoms with van der Waals surface area (Å²) in [5.41, 5.74) is 2.13. The fraction of sp³-hybridized carbons (Fsp3) is 0.375. The molecule has 1 aromatic rings. The molecule has 0 bridgehead atoms. The quantitative estimate of drug-likeness (QED) is 0.678. The smallest absolute Gasteiger partial charge is 0.407 e. The lowest BCUT2D eigenvalue weighted by molar-refractivity contribution is -0.111. The van der Waals surface area contributed by atoms with Crippen LogP contribution in [0.5, 0.6) is 0 Å². The summed E-state index contributed by atoms with van der Waals surface area (Å²) in [6.07, 6.45) is 4.03. The number of ether oxygens (including phenoxy) is 1. The zero-order valence-electron chi connectivity index (χ0n) is 11.5. The Morgan fingerprint density at radius 1 is 1.40 bits per heavy atom. The minimum atomic E-state index is -0.489. The zero-order chi connectivity index (χ0) is 14.4. The van der Waals surface area contributed by atoms with Crippen LogP contribution in [0.4, 0.5) is 4.79 Å². The first-order valence-corrected chi connectivity index (χ1v) is 6.79. The predicted molar refractivity (Wildman–Crippen MR) is 76.1 cm³/mol. The van der Waals surface area contributed by atoms with Gasteiger partial charge in [-0.15, -0.1) is 0 Å². The second kappa shape index (κ2) is 6.89. The predicted octanol–water partition coefficient (Wildman–Crippen LogP) is 2.84. The Hall–Kier alpha value is -2.10. The number of allylic oxidation sites excluding steroid dienone is 1. The van der Waals surface area contributed by atoms with Crippen molar-refractivity contribution in [3.8, 4) is 0 Å². The van der Waals surface area contributed by atoms with Gasteiger partial charge in [-0.2, -0.15) is 0 Å². The van der Waals surface area contributed by atoms with E-state index >= 15 is 0 Å². The fourth-order valence-electron chi connectivity index (χ4n) is 2.29. The highest BCUT2D eigenvalue weighted by Crippen LogP contribution is 2.22. The van der Waals surface area contributed by atoms with E-state index in [1.54, 1.807) is 0 Å². The van der Waals surface area contributed by atoms with Crippen molar-refractivity contribution in [3.05, 3.63) is 47.5 Å². The van der Waals surface area contributed by atoms with Gasteiger partial charge >= 0.3 is 6.09 Å². The normalized spacial score (nSPS) is 21.8. The summed E-state index contributed by atoms with van der Waals surface area (Å²) in [4.78, 5) is 22.8. The molecular formula is C16H19NO3. The van der Waals surface area contributed by atoms with Crippen LogP contribution in [-0.4, -0.2) is 18.4 Å². The number of amides is 1. The first-order chi connectivity index (χ1) is 9.69. The summed E-state index contributed by atoms with van der Waals surface area (Å²) in [6.45, 7) is 2.23. The highest BCUT2D eigenvalue weighted by Gasteiger charge is 2.25. The van der Waals surface area contributed by atoms with Crippen molar-refractivity contribution in [2.75, 3.05) is 0 Å². The third kappa shape index (κ3) is 3.95.